The highest BCUT2D eigenvalue weighted by molar-refractivity contribution is 6.34. The summed E-state index contributed by atoms with van der Waals surface area (Å²) in [5.41, 5.74) is -3.68. The zero-order valence-electron chi connectivity index (χ0n) is 16.2. The molecule has 0 aromatic heterocycles. The number of rotatable bonds is 4. The van der Waals surface area contributed by atoms with E-state index in [4.69, 9.17) is 21.1 Å². The molecule has 1 saturated heterocycles. The van der Waals surface area contributed by atoms with Gasteiger partial charge in [-0.05, 0) is 5.56 Å². The predicted molar refractivity (Wildman–Crippen MR) is 105 cm³/mol. The number of carbonyl (C=O) groups excluding carboxylic acids is 3. The summed E-state index contributed by atoms with van der Waals surface area (Å²) in [7, 11) is 0. The maximum absolute atomic E-state index is 14.0. The maximum Gasteiger partial charge on any atom is 0.425 e. The predicted octanol–water partition coefficient (Wildman–Crippen LogP) is 3.06. The molecule has 0 aliphatic carbocycles. The first-order chi connectivity index (χ1) is 15.1. The van der Waals surface area contributed by atoms with Crippen LogP contribution >= 0.6 is 11.6 Å². The van der Waals surface area contributed by atoms with E-state index in [9.17, 15) is 27.6 Å². The average molecular weight is 470 g/mol. The maximum atomic E-state index is 14.0. The molecule has 0 saturated carbocycles. The third-order valence-corrected chi connectivity index (χ3v) is 5.26. The number of ether oxygens (including phenoxy) is 2. The lowest BCUT2D eigenvalue weighted by Crippen LogP contribution is -2.55. The van der Waals surface area contributed by atoms with Crippen molar-refractivity contribution in [3.8, 4) is 11.5 Å². The van der Waals surface area contributed by atoms with Crippen molar-refractivity contribution in [2.75, 3.05) is 25.1 Å². The fourth-order valence-electron chi connectivity index (χ4n) is 3.45. The third-order valence-electron chi connectivity index (χ3n) is 4.95. The Balaban J connectivity index is 1.57. The van der Waals surface area contributed by atoms with Crippen LogP contribution in [0.3, 0.4) is 0 Å². The van der Waals surface area contributed by atoms with Crippen LogP contribution in [0.5, 0.6) is 11.5 Å². The molecule has 1 fully saturated rings. The quantitative estimate of drug-likeness (QED) is 0.671. The van der Waals surface area contributed by atoms with E-state index in [1.807, 2.05) is 0 Å². The van der Waals surface area contributed by atoms with Gasteiger partial charge in [0.1, 0.15) is 19.8 Å². The van der Waals surface area contributed by atoms with Gasteiger partial charge in [-0.25, -0.2) is 4.79 Å². The second-order valence-electron chi connectivity index (χ2n) is 6.96. The second kappa shape index (κ2) is 7.90. The summed E-state index contributed by atoms with van der Waals surface area (Å²) in [6.07, 6.45) is -5.15. The summed E-state index contributed by atoms with van der Waals surface area (Å²) in [6.45, 7) is -0.354. The highest BCUT2D eigenvalue weighted by atomic mass is 35.5. The lowest BCUT2D eigenvalue weighted by Gasteiger charge is -2.29. The summed E-state index contributed by atoms with van der Waals surface area (Å²) >= 11 is 6.11. The summed E-state index contributed by atoms with van der Waals surface area (Å²) in [4.78, 5) is 37.8. The number of urea groups is 1. The van der Waals surface area contributed by atoms with Crippen molar-refractivity contribution in [1.82, 2.24) is 10.2 Å². The number of fused-ring (bicyclic) bond motifs is 1. The van der Waals surface area contributed by atoms with Gasteiger partial charge < -0.3 is 20.1 Å². The van der Waals surface area contributed by atoms with Gasteiger partial charge in [-0.15, -0.1) is 0 Å². The minimum Gasteiger partial charge on any atom is -0.486 e. The number of alkyl halides is 3. The Morgan fingerprint density at radius 2 is 1.75 bits per heavy atom. The van der Waals surface area contributed by atoms with E-state index in [0.717, 1.165) is 12.1 Å². The van der Waals surface area contributed by atoms with Crippen molar-refractivity contribution in [1.29, 1.82) is 0 Å². The largest absolute Gasteiger partial charge is 0.486 e. The molecule has 8 nitrogen and oxygen atoms in total. The van der Waals surface area contributed by atoms with Crippen molar-refractivity contribution in [2.45, 2.75) is 11.7 Å². The Bertz CT molecular complexity index is 1100. The molecule has 4 rings (SSSR count). The number of hydrogen-bond donors (Lipinski definition) is 2. The molecule has 4 amide bonds. The average Bonchev–Trinajstić information content (AvgIpc) is 3.00. The monoisotopic (exact) mass is 469 g/mol. The standard InChI is InChI=1S/C20H15ClF3N3O5/c21-12-8-14-15(32-7-6-31-14)9-13(12)25-16(28)10-27-17(29)19(20(22,23)24,26-18(27)30)11-4-2-1-3-5-11/h1-5,8-9H,6-7,10H2,(H,25,28)(H,26,30). The van der Waals surface area contributed by atoms with E-state index in [0.29, 0.717) is 18.1 Å². The van der Waals surface area contributed by atoms with Gasteiger partial charge in [0.05, 0.1) is 10.7 Å². The Labute approximate surface area is 184 Å². The van der Waals surface area contributed by atoms with Gasteiger partial charge in [-0.3, -0.25) is 14.5 Å². The number of hydrogen-bond acceptors (Lipinski definition) is 5. The normalized spacial score (nSPS) is 20.2. The molecule has 0 radical (unpaired) electrons. The Hall–Kier alpha value is -3.47. The van der Waals surface area contributed by atoms with Gasteiger partial charge >= 0.3 is 12.2 Å². The van der Waals surface area contributed by atoms with Crippen LogP contribution in [0.1, 0.15) is 5.56 Å². The molecular formula is C20H15ClF3N3O5. The van der Waals surface area contributed by atoms with E-state index < -0.39 is 41.7 Å². The summed E-state index contributed by atoms with van der Waals surface area (Å²) in [5, 5.41) is 4.17. The molecule has 0 bridgehead atoms. The van der Waals surface area contributed by atoms with Gasteiger partial charge in [0.15, 0.2) is 11.5 Å². The molecule has 2 aromatic rings. The topological polar surface area (TPSA) is 97.0 Å². The molecule has 168 valence electrons. The van der Waals surface area contributed by atoms with Crippen molar-refractivity contribution >= 4 is 35.1 Å². The Kier molecular flexibility index (Phi) is 5.37. The number of amides is 4. The zero-order valence-corrected chi connectivity index (χ0v) is 16.9. The highest BCUT2D eigenvalue weighted by Crippen LogP contribution is 2.43. The Morgan fingerprint density at radius 3 is 2.38 bits per heavy atom. The van der Waals surface area contributed by atoms with Crippen molar-refractivity contribution in [3.63, 3.8) is 0 Å². The van der Waals surface area contributed by atoms with Crippen molar-refractivity contribution in [2.24, 2.45) is 0 Å². The van der Waals surface area contributed by atoms with E-state index in [1.165, 1.54) is 30.3 Å². The minimum atomic E-state index is -5.15. The summed E-state index contributed by atoms with van der Waals surface area (Å²) in [5.74, 6) is -1.86. The molecule has 2 N–H and O–H groups in total. The van der Waals surface area contributed by atoms with Crippen LogP contribution in [0.2, 0.25) is 5.02 Å². The number of carbonyl (C=O) groups is 3. The van der Waals surface area contributed by atoms with Gasteiger partial charge in [0, 0.05) is 12.1 Å². The molecule has 2 heterocycles. The van der Waals surface area contributed by atoms with Crippen LogP contribution in [0, 0.1) is 0 Å². The first-order valence-electron chi connectivity index (χ1n) is 9.29. The fourth-order valence-corrected chi connectivity index (χ4v) is 3.65. The first kappa shape index (κ1) is 21.8. The molecule has 2 aromatic carbocycles. The van der Waals surface area contributed by atoms with Crippen molar-refractivity contribution in [3.05, 3.63) is 53.1 Å². The molecule has 32 heavy (non-hydrogen) atoms. The number of anilines is 1. The molecular weight excluding hydrogens is 455 g/mol. The molecule has 2 aliphatic rings. The number of imide groups is 1. The van der Waals surface area contributed by atoms with Gasteiger partial charge in [-0.1, -0.05) is 41.9 Å². The van der Waals surface area contributed by atoms with Crippen LogP contribution in [-0.2, 0) is 15.1 Å². The SMILES string of the molecule is O=C(CN1C(=O)NC(c2ccccc2)(C(F)(F)F)C1=O)Nc1cc2c(cc1Cl)OCCO2. The van der Waals surface area contributed by atoms with Crippen LogP contribution in [-0.4, -0.2) is 48.7 Å². The van der Waals surface area contributed by atoms with Crippen molar-refractivity contribution < 1.29 is 37.0 Å². The number of benzene rings is 2. The molecule has 12 heteroatoms. The first-order valence-corrected chi connectivity index (χ1v) is 9.66. The molecule has 0 spiro atoms. The smallest absolute Gasteiger partial charge is 0.425 e. The number of halogens is 4. The zero-order chi connectivity index (χ0) is 23.1. The highest BCUT2D eigenvalue weighted by Gasteiger charge is 2.68. The molecule has 1 atom stereocenters. The van der Waals surface area contributed by atoms with Gasteiger partial charge in [0.25, 0.3) is 5.91 Å². The van der Waals surface area contributed by atoms with E-state index in [-0.39, 0.29) is 22.2 Å². The number of nitrogens with zero attached hydrogens (tertiary/aromatic N) is 1. The Morgan fingerprint density at radius 1 is 1.12 bits per heavy atom. The third kappa shape index (κ3) is 3.58. The number of nitrogens with one attached hydrogen (secondary N) is 2. The minimum absolute atomic E-state index is 0.0775. The molecule has 1 unspecified atom stereocenters. The van der Waals surface area contributed by atoms with E-state index >= 15 is 0 Å². The van der Waals surface area contributed by atoms with Gasteiger partial charge in [-0.2, -0.15) is 13.2 Å². The van der Waals surface area contributed by atoms with Crippen LogP contribution in [0.15, 0.2) is 42.5 Å². The molecule has 2 aliphatic heterocycles. The van der Waals surface area contributed by atoms with Crippen LogP contribution in [0.25, 0.3) is 0 Å². The van der Waals surface area contributed by atoms with Gasteiger partial charge in [0.2, 0.25) is 11.4 Å². The summed E-state index contributed by atoms with van der Waals surface area (Å²) in [6, 6.07) is 7.67. The lowest BCUT2D eigenvalue weighted by molar-refractivity contribution is -0.198. The lowest BCUT2D eigenvalue weighted by atomic mass is 9.89. The summed E-state index contributed by atoms with van der Waals surface area (Å²) < 4.78 is 52.7. The van der Waals surface area contributed by atoms with E-state index in [2.05, 4.69) is 5.32 Å². The van der Waals surface area contributed by atoms with Crippen LogP contribution < -0.4 is 20.1 Å². The second-order valence-corrected chi connectivity index (χ2v) is 7.37. The fraction of sp³-hybridized carbons (Fsp3) is 0.250. The van der Waals surface area contributed by atoms with Crippen LogP contribution in [0.4, 0.5) is 23.7 Å². The van der Waals surface area contributed by atoms with E-state index in [1.54, 1.807) is 5.32 Å².